The highest BCUT2D eigenvalue weighted by Gasteiger charge is 2.14. The SMILES string of the molecule is COc1cc(OC)c(OC)cc1CNC(=O)COC(=O)Cc1ccc(OC(F)F)cc1. The number of halogens is 2. The van der Waals surface area contributed by atoms with Crippen molar-refractivity contribution in [1.82, 2.24) is 5.32 Å². The number of carbonyl (C=O) groups excluding carboxylic acids is 2. The molecule has 0 saturated heterocycles. The van der Waals surface area contributed by atoms with Gasteiger partial charge >= 0.3 is 12.6 Å². The average molecular weight is 439 g/mol. The molecule has 0 saturated carbocycles. The Morgan fingerprint density at radius 1 is 0.935 bits per heavy atom. The molecule has 2 aromatic rings. The van der Waals surface area contributed by atoms with Gasteiger partial charge in [-0.05, 0) is 23.8 Å². The van der Waals surface area contributed by atoms with E-state index >= 15 is 0 Å². The molecule has 31 heavy (non-hydrogen) atoms. The van der Waals surface area contributed by atoms with Crippen molar-refractivity contribution < 1.29 is 42.1 Å². The molecule has 0 aromatic heterocycles. The van der Waals surface area contributed by atoms with Crippen LogP contribution in [0.3, 0.4) is 0 Å². The van der Waals surface area contributed by atoms with Crippen molar-refractivity contribution in [3.8, 4) is 23.0 Å². The summed E-state index contributed by atoms with van der Waals surface area (Å²) >= 11 is 0. The molecule has 0 radical (unpaired) electrons. The van der Waals surface area contributed by atoms with Gasteiger partial charge in [0.25, 0.3) is 5.91 Å². The first-order valence-corrected chi connectivity index (χ1v) is 9.11. The van der Waals surface area contributed by atoms with Crippen molar-refractivity contribution >= 4 is 11.9 Å². The van der Waals surface area contributed by atoms with E-state index in [2.05, 4.69) is 10.1 Å². The van der Waals surface area contributed by atoms with Gasteiger partial charge in [0.1, 0.15) is 11.5 Å². The highest BCUT2D eigenvalue weighted by Crippen LogP contribution is 2.34. The molecule has 0 aliphatic rings. The molecule has 8 nitrogen and oxygen atoms in total. The van der Waals surface area contributed by atoms with Crippen LogP contribution in [0.5, 0.6) is 23.0 Å². The van der Waals surface area contributed by atoms with Crippen molar-refractivity contribution in [1.29, 1.82) is 0 Å². The summed E-state index contributed by atoms with van der Waals surface area (Å²) in [7, 11) is 4.48. The molecule has 0 spiro atoms. The minimum atomic E-state index is -2.92. The topological polar surface area (TPSA) is 92.3 Å². The molecule has 0 atom stereocenters. The van der Waals surface area contributed by atoms with Gasteiger partial charge in [0.2, 0.25) is 0 Å². The first kappa shape index (κ1) is 23.7. The summed E-state index contributed by atoms with van der Waals surface area (Å²) in [6.45, 7) is -3.28. The molecule has 0 aliphatic carbocycles. The standard InChI is InChI=1S/C21H23F2NO7/c1-27-16-10-18(29-3)17(28-2)9-14(16)11-24-19(25)12-30-20(26)8-13-4-6-15(7-5-13)31-21(22)23/h4-7,9-10,21H,8,11-12H2,1-3H3,(H,24,25). The Hall–Kier alpha value is -3.56. The van der Waals surface area contributed by atoms with E-state index in [0.717, 1.165) is 0 Å². The summed E-state index contributed by atoms with van der Waals surface area (Å²) in [5.41, 5.74) is 1.17. The summed E-state index contributed by atoms with van der Waals surface area (Å²) in [6, 6.07) is 8.87. The number of alkyl halides is 2. The average Bonchev–Trinajstić information content (AvgIpc) is 2.76. The van der Waals surface area contributed by atoms with E-state index in [1.807, 2.05) is 0 Å². The number of carbonyl (C=O) groups is 2. The zero-order valence-electron chi connectivity index (χ0n) is 17.3. The molecule has 1 N–H and O–H groups in total. The molecule has 2 aromatic carbocycles. The van der Waals surface area contributed by atoms with Crippen LogP contribution in [0.25, 0.3) is 0 Å². The quantitative estimate of drug-likeness (QED) is 0.538. The van der Waals surface area contributed by atoms with Crippen LogP contribution < -0.4 is 24.3 Å². The molecule has 0 bridgehead atoms. The maximum absolute atomic E-state index is 12.1. The number of hydrogen-bond acceptors (Lipinski definition) is 7. The molecule has 0 fully saturated rings. The van der Waals surface area contributed by atoms with E-state index in [1.54, 1.807) is 12.1 Å². The molecule has 168 valence electrons. The van der Waals surface area contributed by atoms with Gasteiger partial charge in [-0.2, -0.15) is 8.78 Å². The lowest BCUT2D eigenvalue weighted by Gasteiger charge is -2.14. The van der Waals surface area contributed by atoms with E-state index in [0.29, 0.717) is 28.4 Å². The number of nitrogens with one attached hydrogen (secondary N) is 1. The second-order valence-corrected chi connectivity index (χ2v) is 6.16. The van der Waals surface area contributed by atoms with Crippen LogP contribution in [-0.2, 0) is 27.3 Å². The molecular formula is C21H23F2NO7. The Morgan fingerprint density at radius 3 is 2.13 bits per heavy atom. The Balaban J connectivity index is 1.83. The zero-order valence-corrected chi connectivity index (χ0v) is 17.3. The third-order valence-electron chi connectivity index (χ3n) is 4.12. The molecule has 1 amide bonds. The monoisotopic (exact) mass is 439 g/mol. The Morgan fingerprint density at radius 2 is 1.55 bits per heavy atom. The third kappa shape index (κ3) is 7.32. The lowest BCUT2D eigenvalue weighted by atomic mass is 10.1. The van der Waals surface area contributed by atoms with E-state index < -0.39 is 25.1 Å². The zero-order chi connectivity index (χ0) is 22.8. The Kier molecular flexibility index (Phi) is 8.86. The predicted molar refractivity (Wildman–Crippen MR) is 106 cm³/mol. The first-order valence-electron chi connectivity index (χ1n) is 9.11. The summed E-state index contributed by atoms with van der Waals surface area (Å²) in [6.07, 6.45) is -0.119. The minimum absolute atomic E-state index is 0.0166. The van der Waals surface area contributed by atoms with Gasteiger partial charge in [-0.25, -0.2) is 0 Å². The fraction of sp³-hybridized carbons (Fsp3) is 0.333. The summed E-state index contributed by atoms with van der Waals surface area (Å²) in [5.74, 6) is 0.291. The fourth-order valence-corrected chi connectivity index (χ4v) is 2.63. The van der Waals surface area contributed by atoms with Crippen LogP contribution >= 0.6 is 0 Å². The van der Waals surface area contributed by atoms with E-state index in [1.165, 1.54) is 45.6 Å². The number of ether oxygens (including phenoxy) is 5. The van der Waals surface area contributed by atoms with Crippen LogP contribution in [0.15, 0.2) is 36.4 Å². The van der Waals surface area contributed by atoms with Crippen LogP contribution in [0.4, 0.5) is 8.78 Å². The summed E-state index contributed by atoms with van der Waals surface area (Å²) < 4.78 is 49.2. The Bertz CT molecular complexity index is 888. The number of hydrogen-bond donors (Lipinski definition) is 1. The first-order chi connectivity index (χ1) is 14.9. The van der Waals surface area contributed by atoms with Crippen LogP contribution in [0, 0.1) is 0 Å². The van der Waals surface area contributed by atoms with Gasteiger partial charge in [-0.3, -0.25) is 9.59 Å². The number of methoxy groups -OCH3 is 3. The van der Waals surface area contributed by atoms with Gasteiger partial charge in [0.15, 0.2) is 18.1 Å². The van der Waals surface area contributed by atoms with E-state index in [4.69, 9.17) is 18.9 Å². The van der Waals surface area contributed by atoms with Gasteiger partial charge in [0, 0.05) is 18.2 Å². The van der Waals surface area contributed by atoms with Crippen molar-refractivity contribution in [2.45, 2.75) is 19.6 Å². The Labute approximate surface area is 178 Å². The number of esters is 1. The van der Waals surface area contributed by atoms with Gasteiger partial charge in [0.05, 0.1) is 27.8 Å². The molecular weight excluding hydrogens is 416 g/mol. The normalized spacial score (nSPS) is 10.4. The number of rotatable bonds is 11. The number of amides is 1. The van der Waals surface area contributed by atoms with Crippen molar-refractivity contribution in [3.05, 3.63) is 47.5 Å². The highest BCUT2D eigenvalue weighted by molar-refractivity contribution is 5.81. The third-order valence-corrected chi connectivity index (χ3v) is 4.12. The lowest BCUT2D eigenvalue weighted by molar-refractivity contribution is -0.147. The van der Waals surface area contributed by atoms with Gasteiger partial charge in [-0.15, -0.1) is 0 Å². The summed E-state index contributed by atoms with van der Waals surface area (Å²) in [5, 5.41) is 2.63. The van der Waals surface area contributed by atoms with Crippen molar-refractivity contribution in [3.63, 3.8) is 0 Å². The summed E-state index contributed by atoms with van der Waals surface area (Å²) in [4.78, 5) is 23.9. The second-order valence-electron chi connectivity index (χ2n) is 6.16. The van der Waals surface area contributed by atoms with Crippen molar-refractivity contribution in [2.24, 2.45) is 0 Å². The molecule has 0 aliphatic heterocycles. The predicted octanol–water partition coefficient (Wildman–Crippen LogP) is 2.72. The number of benzene rings is 2. The molecule has 2 rings (SSSR count). The van der Waals surface area contributed by atoms with Crippen LogP contribution in [-0.4, -0.2) is 46.4 Å². The van der Waals surface area contributed by atoms with Crippen LogP contribution in [0.1, 0.15) is 11.1 Å². The molecule has 0 unspecified atom stereocenters. The molecule has 10 heteroatoms. The van der Waals surface area contributed by atoms with E-state index in [9.17, 15) is 18.4 Å². The lowest BCUT2D eigenvalue weighted by Crippen LogP contribution is -2.28. The van der Waals surface area contributed by atoms with Gasteiger partial charge in [-0.1, -0.05) is 12.1 Å². The van der Waals surface area contributed by atoms with Crippen molar-refractivity contribution in [2.75, 3.05) is 27.9 Å². The molecule has 0 heterocycles. The largest absolute Gasteiger partial charge is 0.496 e. The highest BCUT2D eigenvalue weighted by atomic mass is 19.3. The fourth-order valence-electron chi connectivity index (χ4n) is 2.63. The van der Waals surface area contributed by atoms with Crippen LogP contribution in [0.2, 0.25) is 0 Å². The van der Waals surface area contributed by atoms with Gasteiger partial charge < -0.3 is 29.0 Å². The van der Waals surface area contributed by atoms with E-state index in [-0.39, 0.29) is 18.7 Å². The smallest absolute Gasteiger partial charge is 0.387 e. The second kappa shape index (κ2) is 11.6. The maximum Gasteiger partial charge on any atom is 0.387 e. The maximum atomic E-state index is 12.1. The minimum Gasteiger partial charge on any atom is -0.496 e.